The van der Waals surface area contributed by atoms with Crippen LogP contribution in [-0.2, 0) is 0 Å². The largest absolute Gasteiger partial charge is 0.212 e. The molecular weight excluding hydrogens is 151 g/mol. The predicted octanol–water partition coefficient (Wildman–Crippen LogP) is 4.41. The van der Waals surface area contributed by atoms with Crippen LogP contribution in [0.5, 0.6) is 0 Å². The molecule has 0 saturated heterocycles. The van der Waals surface area contributed by atoms with E-state index in [2.05, 4.69) is 6.58 Å². The maximum absolute atomic E-state index is 12.5. The van der Waals surface area contributed by atoms with Gasteiger partial charge in [0.05, 0.1) is 5.83 Å². The molecule has 0 unspecified atom stereocenters. The Morgan fingerprint density at radius 2 is 1.92 bits per heavy atom. The predicted molar refractivity (Wildman–Crippen MR) is 54.8 cm³/mol. The Morgan fingerprint density at radius 3 is 2.25 bits per heavy atom. The summed E-state index contributed by atoms with van der Waals surface area (Å²) in [5.41, 5.74) is 0.991. The number of hydrogen-bond donors (Lipinski definition) is 0. The normalized spacial score (nSPS) is 11.8. The zero-order chi connectivity index (χ0) is 9.98. The molecule has 0 rings (SSSR count). The van der Waals surface area contributed by atoms with Crippen LogP contribution in [0.2, 0.25) is 0 Å². The second-order valence-corrected chi connectivity index (χ2v) is 2.16. The van der Waals surface area contributed by atoms with E-state index in [1.165, 1.54) is 6.08 Å². The van der Waals surface area contributed by atoms with Gasteiger partial charge in [0.2, 0.25) is 0 Å². The molecule has 0 aliphatic heterocycles. The van der Waals surface area contributed by atoms with Gasteiger partial charge in [-0.15, -0.1) is 0 Å². The van der Waals surface area contributed by atoms with Crippen LogP contribution in [0.1, 0.15) is 34.1 Å². The SMILES string of the molecule is C=C/C=C(/C)C/C(F)=C\C.CC. The average Bonchev–Trinajstić information content (AvgIpc) is 2.08. The smallest absolute Gasteiger partial charge is 0.0997 e. The number of hydrogen-bond acceptors (Lipinski definition) is 0. The lowest BCUT2D eigenvalue weighted by Crippen LogP contribution is -1.76. The first-order valence-electron chi connectivity index (χ1n) is 4.29. The summed E-state index contributed by atoms with van der Waals surface area (Å²) < 4.78 is 12.5. The van der Waals surface area contributed by atoms with Crippen molar-refractivity contribution >= 4 is 0 Å². The molecule has 12 heavy (non-hydrogen) atoms. The third-order valence-corrected chi connectivity index (χ3v) is 1.16. The Bertz CT molecular complexity index is 164. The van der Waals surface area contributed by atoms with Crippen LogP contribution < -0.4 is 0 Å². The minimum Gasteiger partial charge on any atom is -0.212 e. The summed E-state index contributed by atoms with van der Waals surface area (Å²) >= 11 is 0. The molecular formula is C11H19F. The molecule has 0 aliphatic carbocycles. The van der Waals surface area contributed by atoms with Gasteiger partial charge in [-0.1, -0.05) is 44.2 Å². The molecule has 0 radical (unpaired) electrons. The van der Waals surface area contributed by atoms with Gasteiger partial charge < -0.3 is 0 Å². The van der Waals surface area contributed by atoms with Crippen LogP contribution in [0.15, 0.2) is 36.2 Å². The third kappa shape index (κ3) is 9.15. The molecule has 0 atom stereocenters. The van der Waals surface area contributed by atoms with Crippen molar-refractivity contribution in [1.82, 2.24) is 0 Å². The highest BCUT2D eigenvalue weighted by molar-refractivity contribution is 5.13. The van der Waals surface area contributed by atoms with Crippen LogP contribution in [0, 0.1) is 0 Å². The first kappa shape index (κ1) is 13.7. The molecule has 70 valence electrons. The van der Waals surface area contributed by atoms with Crippen LogP contribution in [-0.4, -0.2) is 0 Å². The summed E-state index contributed by atoms with van der Waals surface area (Å²) in [6.07, 6.45) is 5.35. The van der Waals surface area contributed by atoms with E-state index in [9.17, 15) is 4.39 Å². The lowest BCUT2D eigenvalue weighted by molar-refractivity contribution is 0.608. The van der Waals surface area contributed by atoms with Crippen molar-refractivity contribution < 1.29 is 4.39 Å². The molecule has 0 amide bonds. The van der Waals surface area contributed by atoms with Gasteiger partial charge in [0, 0.05) is 6.42 Å². The summed E-state index contributed by atoms with van der Waals surface area (Å²) in [5.74, 6) is -0.0874. The molecule has 0 fully saturated rings. The van der Waals surface area contributed by atoms with E-state index in [4.69, 9.17) is 0 Å². The third-order valence-electron chi connectivity index (χ3n) is 1.16. The van der Waals surface area contributed by atoms with E-state index < -0.39 is 0 Å². The highest BCUT2D eigenvalue weighted by atomic mass is 19.1. The number of allylic oxidation sites excluding steroid dienone is 5. The van der Waals surface area contributed by atoms with Crippen molar-refractivity contribution in [1.29, 1.82) is 0 Å². The second-order valence-electron chi connectivity index (χ2n) is 2.16. The van der Waals surface area contributed by atoms with E-state index in [0.717, 1.165) is 5.57 Å². The molecule has 0 spiro atoms. The van der Waals surface area contributed by atoms with Crippen LogP contribution in [0.3, 0.4) is 0 Å². The van der Waals surface area contributed by atoms with Crippen molar-refractivity contribution in [3.63, 3.8) is 0 Å². The van der Waals surface area contributed by atoms with Crippen molar-refractivity contribution in [3.8, 4) is 0 Å². The molecule has 0 aromatic rings. The minimum absolute atomic E-state index is 0.0874. The van der Waals surface area contributed by atoms with Crippen molar-refractivity contribution in [2.75, 3.05) is 0 Å². The van der Waals surface area contributed by atoms with Crippen molar-refractivity contribution in [2.45, 2.75) is 34.1 Å². The van der Waals surface area contributed by atoms with Crippen LogP contribution >= 0.6 is 0 Å². The van der Waals surface area contributed by atoms with Crippen LogP contribution in [0.25, 0.3) is 0 Å². The number of halogens is 1. The Morgan fingerprint density at radius 1 is 1.42 bits per heavy atom. The first-order valence-corrected chi connectivity index (χ1v) is 4.29. The first-order chi connectivity index (χ1) is 5.70. The van der Waals surface area contributed by atoms with Gasteiger partial charge in [0.15, 0.2) is 0 Å². The topological polar surface area (TPSA) is 0 Å². The zero-order valence-electron chi connectivity index (χ0n) is 8.52. The van der Waals surface area contributed by atoms with Crippen molar-refractivity contribution in [3.05, 3.63) is 36.2 Å². The lowest BCUT2D eigenvalue weighted by Gasteiger charge is -1.94. The monoisotopic (exact) mass is 170 g/mol. The Labute approximate surface area is 75.5 Å². The average molecular weight is 170 g/mol. The number of rotatable bonds is 3. The Hall–Kier alpha value is -0.850. The molecule has 0 saturated carbocycles. The molecule has 0 heterocycles. The molecule has 0 nitrogen and oxygen atoms in total. The lowest BCUT2D eigenvalue weighted by atomic mass is 10.2. The van der Waals surface area contributed by atoms with E-state index in [0.29, 0.717) is 6.42 Å². The fourth-order valence-corrected chi connectivity index (χ4v) is 0.629. The molecule has 0 aliphatic rings. The standard InChI is InChI=1S/C9H13F.C2H6/c1-4-6-8(3)7-9(10)5-2;1-2/h4-6H,1,7H2,2-3H3;1-2H3/b8-6-,9-5+;. The summed E-state index contributed by atoms with van der Waals surface area (Å²) in [5, 5.41) is 0. The van der Waals surface area contributed by atoms with Gasteiger partial charge in [-0.3, -0.25) is 0 Å². The maximum atomic E-state index is 12.5. The fourth-order valence-electron chi connectivity index (χ4n) is 0.629. The fraction of sp³-hybridized carbons (Fsp3) is 0.455. The van der Waals surface area contributed by atoms with Gasteiger partial charge in [-0.05, 0) is 13.8 Å². The second kappa shape index (κ2) is 10.2. The molecule has 1 heteroatoms. The molecule has 0 N–H and O–H groups in total. The van der Waals surface area contributed by atoms with E-state index in [-0.39, 0.29) is 5.83 Å². The zero-order valence-corrected chi connectivity index (χ0v) is 8.52. The van der Waals surface area contributed by atoms with E-state index >= 15 is 0 Å². The van der Waals surface area contributed by atoms with Gasteiger partial charge in [0.25, 0.3) is 0 Å². The van der Waals surface area contributed by atoms with Gasteiger partial charge in [-0.25, -0.2) is 4.39 Å². The summed E-state index contributed by atoms with van der Waals surface area (Å²) in [7, 11) is 0. The van der Waals surface area contributed by atoms with E-state index in [1.807, 2.05) is 26.8 Å². The van der Waals surface area contributed by atoms with E-state index in [1.54, 1.807) is 13.0 Å². The van der Waals surface area contributed by atoms with Crippen molar-refractivity contribution in [2.24, 2.45) is 0 Å². The Kier molecular flexibility index (Phi) is 11.6. The summed E-state index contributed by atoms with van der Waals surface area (Å²) in [6.45, 7) is 11.1. The molecule has 0 aromatic carbocycles. The highest BCUT2D eigenvalue weighted by Gasteiger charge is 1.92. The summed E-state index contributed by atoms with van der Waals surface area (Å²) in [6, 6.07) is 0. The summed E-state index contributed by atoms with van der Waals surface area (Å²) in [4.78, 5) is 0. The maximum Gasteiger partial charge on any atom is 0.0997 e. The quantitative estimate of drug-likeness (QED) is 0.550. The highest BCUT2D eigenvalue weighted by Crippen LogP contribution is 2.10. The van der Waals surface area contributed by atoms with Gasteiger partial charge >= 0.3 is 0 Å². The van der Waals surface area contributed by atoms with Crippen LogP contribution in [0.4, 0.5) is 4.39 Å². The Balaban J connectivity index is 0. The minimum atomic E-state index is -0.0874. The van der Waals surface area contributed by atoms with Gasteiger partial charge in [-0.2, -0.15) is 0 Å². The van der Waals surface area contributed by atoms with Gasteiger partial charge in [0.1, 0.15) is 0 Å². The molecule has 0 bridgehead atoms. The molecule has 0 aromatic heterocycles.